The number of benzene rings is 1. The van der Waals surface area contributed by atoms with E-state index < -0.39 is 21.6 Å². The molecule has 0 saturated carbocycles. The van der Waals surface area contributed by atoms with Crippen LogP contribution in [0.2, 0.25) is 10.0 Å². The molecule has 0 bridgehead atoms. The molecule has 21 heavy (non-hydrogen) atoms. The number of hydrogen-bond acceptors (Lipinski definition) is 4. The number of carboxylic acids is 1. The summed E-state index contributed by atoms with van der Waals surface area (Å²) in [6.07, 6.45) is 1.10. The van der Waals surface area contributed by atoms with Gasteiger partial charge in [0, 0.05) is 6.20 Å². The summed E-state index contributed by atoms with van der Waals surface area (Å²) in [5.41, 5.74) is 0.183. The van der Waals surface area contributed by atoms with Gasteiger partial charge in [-0.3, -0.25) is 4.98 Å². The third kappa shape index (κ3) is 3.53. The van der Waals surface area contributed by atoms with Crippen LogP contribution in [0.4, 0.5) is 0 Å². The quantitative estimate of drug-likeness (QED) is 0.920. The van der Waals surface area contributed by atoms with Crippen molar-refractivity contribution in [1.82, 2.24) is 4.98 Å². The molecule has 1 aromatic carbocycles. The normalized spacial score (nSPS) is 11.3. The van der Waals surface area contributed by atoms with Crippen molar-refractivity contribution in [1.29, 1.82) is 0 Å². The van der Waals surface area contributed by atoms with Gasteiger partial charge in [0.25, 0.3) is 0 Å². The van der Waals surface area contributed by atoms with Crippen molar-refractivity contribution in [2.75, 3.05) is 0 Å². The van der Waals surface area contributed by atoms with E-state index in [2.05, 4.69) is 4.98 Å². The Morgan fingerprint density at radius 1 is 1.14 bits per heavy atom. The fraction of sp³-hybridized carbons (Fsp3) is 0.0769. The van der Waals surface area contributed by atoms with Crippen LogP contribution in [0.15, 0.2) is 41.4 Å². The monoisotopic (exact) mass is 345 g/mol. The predicted molar refractivity (Wildman–Crippen MR) is 78.5 cm³/mol. The van der Waals surface area contributed by atoms with Gasteiger partial charge in [0.15, 0.2) is 9.84 Å². The van der Waals surface area contributed by atoms with Crippen LogP contribution in [0.25, 0.3) is 0 Å². The maximum Gasteiger partial charge on any atom is 0.337 e. The minimum absolute atomic E-state index is 0.0214. The van der Waals surface area contributed by atoms with Gasteiger partial charge in [-0.1, -0.05) is 29.3 Å². The minimum Gasteiger partial charge on any atom is -0.478 e. The Morgan fingerprint density at radius 2 is 1.76 bits per heavy atom. The molecule has 0 aliphatic rings. The molecule has 0 atom stereocenters. The Morgan fingerprint density at radius 3 is 2.24 bits per heavy atom. The van der Waals surface area contributed by atoms with Crippen molar-refractivity contribution in [2.24, 2.45) is 0 Å². The average Bonchev–Trinajstić information content (AvgIpc) is 2.38. The van der Waals surface area contributed by atoms with Crippen LogP contribution in [-0.4, -0.2) is 24.5 Å². The molecule has 1 heterocycles. The molecule has 8 heteroatoms. The highest BCUT2D eigenvalue weighted by atomic mass is 35.5. The molecular weight excluding hydrogens is 337 g/mol. The molecule has 5 nitrogen and oxygen atoms in total. The summed E-state index contributed by atoms with van der Waals surface area (Å²) in [6.45, 7) is 0. The fourth-order valence-corrected chi connectivity index (χ4v) is 4.22. The zero-order chi connectivity index (χ0) is 15.6. The molecule has 1 N–H and O–H groups in total. The van der Waals surface area contributed by atoms with E-state index in [1.54, 1.807) is 6.07 Å². The van der Waals surface area contributed by atoms with E-state index in [4.69, 9.17) is 28.3 Å². The number of carbonyl (C=O) groups is 1. The maximum absolute atomic E-state index is 12.3. The summed E-state index contributed by atoms with van der Waals surface area (Å²) in [4.78, 5) is 14.4. The lowest BCUT2D eigenvalue weighted by Gasteiger charge is -2.08. The van der Waals surface area contributed by atoms with Gasteiger partial charge >= 0.3 is 5.97 Å². The molecule has 0 amide bonds. The highest BCUT2D eigenvalue weighted by Gasteiger charge is 2.22. The van der Waals surface area contributed by atoms with Gasteiger partial charge in [-0.15, -0.1) is 0 Å². The third-order valence-corrected chi connectivity index (χ3v) is 5.23. The Bertz CT molecular complexity index is 768. The van der Waals surface area contributed by atoms with Crippen molar-refractivity contribution in [3.63, 3.8) is 0 Å². The summed E-state index contributed by atoms with van der Waals surface area (Å²) in [5.74, 6) is -1.55. The van der Waals surface area contributed by atoms with Gasteiger partial charge < -0.3 is 5.11 Å². The van der Waals surface area contributed by atoms with Crippen LogP contribution < -0.4 is 0 Å². The van der Waals surface area contributed by atoms with Gasteiger partial charge in [-0.2, -0.15) is 0 Å². The van der Waals surface area contributed by atoms with Gasteiger partial charge in [0.05, 0.1) is 27.1 Å². The molecule has 0 radical (unpaired) electrons. The molecule has 0 spiro atoms. The van der Waals surface area contributed by atoms with Gasteiger partial charge in [0.2, 0.25) is 0 Å². The van der Waals surface area contributed by atoms with E-state index in [0.717, 1.165) is 6.20 Å². The molecule has 0 aliphatic heterocycles. The van der Waals surface area contributed by atoms with Crippen LogP contribution in [0, 0.1) is 0 Å². The first-order valence-corrected chi connectivity index (χ1v) is 8.07. The highest BCUT2D eigenvalue weighted by molar-refractivity contribution is 7.90. The molecule has 110 valence electrons. The van der Waals surface area contributed by atoms with Crippen molar-refractivity contribution in [3.8, 4) is 0 Å². The number of aromatic nitrogens is 1. The van der Waals surface area contributed by atoms with Crippen molar-refractivity contribution in [2.45, 2.75) is 10.6 Å². The summed E-state index contributed by atoms with van der Waals surface area (Å²) >= 11 is 11.8. The summed E-state index contributed by atoms with van der Waals surface area (Å²) in [5, 5.41) is 8.83. The second kappa shape index (κ2) is 6.01. The molecule has 0 fully saturated rings. The second-order valence-corrected chi connectivity index (χ2v) is 6.89. The molecule has 2 rings (SSSR count). The molecule has 0 aliphatic carbocycles. The Hall–Kier alpha value is -1.63. The van der Waals surface area contributed by atoms with Crippen LogP contribution in [0.5, 0.6) is 0 Å². The lowest BCUT2D eigenvalue weighted by Crippen LogP contribution is -2.08. The van der Waals surface area contributed by atoms with Crippen LogP contribution in [0.3, 0.4) is 0 Å². The second-order valence-electron chi connectivity index (χ2n) is 4.15. The largest absolute Gasteiger partial charge is 0.478 e. The summed E-state index contributed by atoms with van der Waals surface area (Å²) < 4.78 is 24.7. The first-order chi connectivity index (χ1) is 9.81. The highest BCUT2D eigenvalue weighted by Crippen LogP contribution is 2.31. The summed E-state index contributed by atoms with van der Waals surface area (Å²) in [7, 11) is -3.78. The van der Waals surface area contributed by atoms with E-state index in [-0.39, 0.29) is 26.2 Å². The van der Waals surface area contributed by atoms with Crippen LogP contribution in [-0.2, 0) is 15.6 Å². The maximum atomic E-state index is 12.3. The van der Waals surface area contributed by atoms with Gasteiger partial charge in [-0.05, 0) is 24.3 Å². The van der Waals surface area contributed by atoms with Crippen molar-refractivity contribution in [3.05, 3.63) is 57.8 Å². The number of nitrogens with zero attached hydrogens (tertiary/aromatic N) is 1. The molecule has 1 aromatic heterocycles. The Labute approximate surface area is 131 Å². The molecular formula is C13H9Cl2NO4S. The lowest BCUT2D eigenvalue weighted by molar-refractivity contribution is 0.0696. The number of hydrogen-bond donors (Lipinski definition) is 1. The third-order valence-electron chi connectivity index (χ3n) is 2.64. The first kappa shape index (κ1) is 15.8. The number of halogens is 2. The zero-order valence-electron chi connectivity index (χ0n) is 10.5. The average molecular weight is 346 g/mol. The number of rotatable bonds is 4. The van der Waals surface area contributed by atoms with Crippen LogP contribution >= 0.6 is 23.2 Å². The fourth-order valence-electron chi connectivity index (χ4n) is 1.68. The van der Waals surface area contributed by atoms with Crippen molar-refractivity contribution < 1.29 is 18.3 Å². The van der Waals surface area contributed by atoms with E-state index in [9.17, 15) is 13.2 Å². The van der Waals surface area contributed by atoms with Crippen LogP contribution in [0.1, 0.15) is 16.1 Å². The molecule has 2 aromatic rings. The SMILES string of the molecule is O=C(O)c1ccc(CS(=O)(=O)c2c(Cl)cccc2Cl)nc1. The van der Waals surface area contributed by atoms with E-state index in [0.29, 0.717) is 0 Å². The van der Waals surface area contributed by atoms with E-state index >= 15 is 0 Å². The topological polar surface area (TPSA) is 84.3 Å². The van der Waals surface area contributed by atoms with Gasteiger partial charge in [0.1, 0.15) is 4.90 Å². The number of sulfone groups is 1. The zero-order valence-corrected chi connectivity index (χ0v) is 12.8. The van der Waals surface area contributed by atoms with E-state index in [1.807, 2.05) is 0 Å². The minimum atomic E-state index is -3.78. The molecule has 0 unspecified atom stereocenters. The lowest BCUT2D eigenvalue weighted by atomic mass is 10.2. The van der Waals surface area contributed by atoms with Gasteiger partial charge in [-0.25, -0.2) is 13.2 Å². The standard InChI is InChI=1S/C13H9Cl2NO4S/c14-10-2-1-3-11(15)12(10)21(19,20)7-9-5-4-8(6-16-9)13(17)18/h1-6H,7H2,(H,17,18). The van der Waals surface area contributed by atoms with Crippen molar-refractivity contribution >= 4 is 39.0 Å². The predicted octanol–water partition coefficient (Wildman–Crippen LogP) is 3.06. The summed E-state index contributed by atoms with van der Waals surface area (Å²) in [6, 6.07) is 7.03. The first-order valence-electron chi connectivity index (χ1n) is 5.66. The smallest absolute Gasteiger partial charge is 0.337 e. The Kier molecular flexibility index (Phi) is 4.51. The van der Waals surface area contributed by atoms with E-state index in [1.165, 1.54) is 24.3 Å². The molecule has 0 saturated heterocycles. The Balaban J connectivity index is 2.35. The number of aromatic carboxylic acids is 1. The number of pyridine rings is 1. The number of carboxylic acid groups (broad SMARTS) is 1.